The molecule has 324 valence electrons. The summed E-state index contributed by atoms with van der Waals surface area (Å²) >= 11 is 0. The van der Waals surface area contributed by atoms with Gasteiger partial charge in [0.15, 0.2) is 5.58 Å². The maximum Gasteiger partial charge on any atom is 0.273 e. The Hall–Kier alpha value is -6.46. The predicted molar refractivity (Wildman–Crippen MR) is 279 cm³/mol. The molecule has 0 spiro atoms. The lowest BCUT2D eigenvalue weighted by molar-refractivity contribution is 0.590. The van der Waals surface area contributed by atoms with E-state index in [-0.39, 0.29) is 28.4 Å². The van der Waals surface area contributed by atoms with E-state index in [4.69, 9.17) is 4.42 Å². The van der Waals surface area contributed by atoms with Gasteiger partial charge in [-0.15, -0.1) is 0 Å². The molecule has 2 aliphatic heterocycles. The number of nitrogens with zero attached hydrogens (tertiary/aromatic N) is 3. The molecule has 11 rings (SSSR count). The van der Waals surface area contributed by atoms with Gasteiger partial charge in [-0.05, 0) is 128 Å². The molecule has 9 aromatic rings. The molecule has 4 nitrogen and oxygen atoms in total. The van der Waals surface area contributed by atoms with E-state index in [2.05, 4.69) is 243 Å². The van der Waals surface area contributed by atoms with Crippen molar-refractivity contribution in [3.8, 4) is 5.69 Å². The highest BCUT2D eigenvalue weighted by atomic mass is 16.3. The van der Waals surface area contributed by atoms with Gasteiger partial charge in [-0.2, -0.15) is 0 Å². The van der Waals surface area contributed by atoms with Gasteiger partial charge in [-0.3, -0.25) is 0 Å². The number of hydrogen-bond donors (Lipinski definition) is 0. The third-order valence-electron chi connectivity index (χ3n) is 14.2. The monoisotopic (exact) mass is 849 g/mol. The molecule has 0 atom stereocenters. The van der Waals surface area contributed by atoms with E-state index in [1.807, 2.05) is 0 Å². The third-order valence-corrected chi connectivity index (χ3v) is 14.2. The van der Waals surface area contributed by atoms with Crippen LogP contribution in [0, 0.1) is 0 Å². The smallest absolute Gasteiger partial charge is 0.273 e. The van der Waals surface area contributed by atoms with E-state index in [1.165, 1.54) is 61.5 Å². The summed E-state index contributed by atoms with van der Waals surface area (Å²) in [6, 6.07) is 55.3. The summed E-state index contributed by atoms with van der Waals surface area (Å²) in [6.45, 7) is 27.5. The van der Waals surface area contributed by atoms with Crippen LogP contribution in [-0.2, 0) is 21.7 Å². The fraction of sp³-hybridized carbons (Fsp3) is 0.267. The minimum absolute atomic E-state index is 0.00673. The first kappa shape index (κ1) is 41.3. The van der Waals surface area contributed by atoms with Gasteiger partial charge in [-0.1, -0.05) is 156 Å². The van der Waals surface area contributed by atoms with Crippen molar-refractivity contribution in [3.05, 3.63) is 168 Å². The quantitative estimate of drug-likeness (QED) is 0.166. The van der Waals surface area contributed by atoms with E-state index in [1.54, 1.807) is 0 Å². The maximum absolute atomic E-state index is 7.06. The van der Waals surface area contributed by atoms with E-state index in [0.717, 1.165) is 49.9 Å². The number of aromatic nitrogens is 1. The van der Waals surface area contributed by atoms with Crippen LogP contribution in [0.5, 0.6) is 0 Å². The molecule has 0 N–H and O–H groups in total. The molecule has 5 heteroatoms. The van der Waals surface area contributed by atoms with E-state index < -0.39 is 0 Å². The lowest BCUT2D eigenvalue weighted by atomic mass is 9.34. The third kappa shape index (κ3) is 6.40. The van der Waals surface area contributed by atoms with E-state index >= 15 is 0 Å². The summed E-state index contributed by atoms with van der Waals surface area (Å²) in [7, 11) is 0. The molecule has 7 aromatic carbocycles. The molecule has 0 saturated carbocycles. The van der Waals surface area contributed by atoms with Gasteiger partial charge >= 0.3 is 0 Å². The molecule has 4 heterocycles. The van der Waals surface area contributed by atoms with Gasteiger partial charge < -0.3 is 18.8 Å². The largest absolute Gasteiger partial charge is 0.454 e. The van der Waals surface area contributed by atoms with E-state index in [0.29, 0.717) is 0 Å². The number of anilines is 6. The van der Waals surface area contributed by atoms with Crippen LogP contribution in [0.3, 0.4) is 0 Å². The average molecular weight is 850 g/mol. The van der Waals surface area contributed by atoms with Gasteiger partial charge in [0, 0.05) is 55.9 Å². The number of hydrogen-bond acceptors (Lipinski definition) is 3. The Bertz CT molecular complexity index is 3340. The van der Waals surface area contributed by atoms with Crippen LogP contribution < -0.4 is 26.3 Å². The molecule has 0 aliphatic carbocycles. The Balaban J connectivity index is 1.31. The van der Waals surface area contributed by atoms with Gasteiger partial charge in [0.1, 0.15) is 5.58 Å². The Kier molecular flexibility index (Phi) is 8.90. The predicted octanol–water partition coefficient (Wildman–Crippen LogP) is 14.8. The van der Waals surface area contributed by atoms with Gasteiger partial charge in [0.2, 0.25) is 0 Å². The summed E-state index contributed by atoms with van der Waals surface area (Å²) in [5.41, 5.74) is 20.2. The first-order valence-corrected chi connectivity index (χ1v) is 23.5. The fourth-order valence-corrected chi connectivity index (χ4v) is 10.6. The van der Waals surface area contributed by atoms with Crippen LogP contribution in [0.25, 0.3) is 38.5 Å². The molecular formula is C60H60BN3O. The van der Waals surface area contributed by atoms with Crippen molar-refractivity contribution >= 4 is 90.2 Å². The summed E-state index contributed by atoms with van der Waals surface area (Å²) in [5, 5.41) is 3.42. The van der Waals surface area contributed by atoms with Crippen molar-refractivity contribution in [3.63, 3.8) is 0 Å². The second-order valence-electron chi connectivity index (χ2n) is 22.7. The zero-order chi connectivity index (χ0) is 45.5. The van der Waals surface area contributed by atoms with Crippen LogP contribution in [0.2, 0.25) is 0 Å². The number of benzene rings is 7. The first-order chi connectivity index (χ1) is 30.8. The van der Waals surface area contributed by atoms with Crippen molar-refractivity contribution in [2.75, 3.05) is 9.80 Å². The topological polar surface area (TPSA) is 24.6 Å². The molecule has 2 aromatic heterocycles. The minimum atomic E-state index is -0.113. The van der Waals surface area contributed by atoms with Gasteiger partial charge in [0.25, 0.3) is 6.71 Å². The Morgan fingerprint density at radius 1 is 0.415 bits per heavy atom. The maximum atomic E-state index is 7.06. The van der Waals surface area contributed by atoms with Crippen molar-refractivity contribution in [2.24, 2.45) is 0 Å². The molecule has 0 amide bonds. The number of fused-ring (bicyclic) bond motifs is 10. The molecule has 0 bridgehead atoms. The Morgan fingerprint density at radius 2 is 0.908 bits per heavy atom. The minimum Gasteiger partial charge on any atom is -0.454 e. The molecule has 0 unspecified atom stereocenters. The normalized spacial score (nSPS) is 14.1. The lowest BCUT2D eigenvalue weighted by Crippen LogP contribution is -2.63. The zero-order valence-corrected chi connectivity index (χ0v) is 40.2. The van der Waals surface area contributed by atoms with Crippen molar-refractivity contribution in [1.82, 2.24) is 4.57 Å². The Morgan fingerprint density at radius 3 is 1.48 bits per heavy atom. The summed E-state index contributed by atoms with van der Waals surface area (Å²) in [4.78, 5) is 5.09. The standard InChI is InChI=1S/C60H60BN3O/c1-57(2,3)37-20-27-41(28-21-37)62-48-35-26-40(60(10,11)12)36-47(48)61-52-49(62)17-15-18-50(52)63(42-29-22-38(23-30-42)58(4,5)6)54-46-34-33-45-44-16-13-14-19-51(44)65-55(45)53(46)64(56(54)61)43-31-24-39(25-32-43)59(7,8)9/h13-36H,1-12H3. The van der Waals surface area contributed by atoms with Crippen molar-refractivity contribution in [1.29, 1.82) is 0 Å². The van der Waals surface area contributed by atoms with E-state index in [9.17, 15) is 0 Å². The molecule has 0 saturated heterocycles. The number of rotatable bonds is 3. The highest BCUT2D eigenvalue weighted by Crippen LogP contribution is 2.49. The van der Waals surface area contributed by atoms with Crippen LogP contribution in [0.15, 0.2) is 150 Å². The fourth-order valence-electron chi connectivity index (χ4n) is 10.6. The highest BCUT2D eigenvalue weighted by Gasteiger charge is 2.47. The Labute approximate surface area is 385 Å². The average Bonchev–Trinajstić information content (AvgIpc) is 3.81. The molecule has 0 fully saturated rings. The number of para-hydroxylation sites is 1. The first-order valence-electron chi connectivity index (χ1n) is 23.5. The van der Waals surface area contributed by atoms with Gasteiger partial charge in [0.05, 0.1) is 11.2 Å². The number of furan rings is 1. The molecule has 2 aliphatic rings. The van der Waals surface area contributed by atoms with Crippen molar-refractivity contribution < 1.29 is 4.42 Å². The lowest BCUT2D eigenvalue weighted by Gasteiger charge is -2.44. The molecular weight excluding hydrogens is 789 g/mol. The zero-order valence-electron chi connectivity index (χ0n) is 40.2. The van der Waals surface area contributed by atoms with Crippen LogP contribution >= 0.6 is 0 Å². The second-order valence-corrected chi connectivity index (χ2v) is 22.7. The van der Waals surface area contributed by atoms with Crippen molar-refractivity contribution in [2.45, 2.75) is 105 Å². The second kappa shape index (κ2) is 14.0. The van der Waals surface area contributed by atoms with Gasteiger partial charge in [-0.25, -0.2) is 0 Å². The summed E-state index contributed by atoms with van der Waals surface area (Å²) in [5.74, 6) is 0. The summed E-state index contributed by atoms with van der Waals surface area (Å²) < 4.78 is 9.63. The molecule has 0 radical (unpaired) electrons. The van der Waals surface area contributed by atoms with Crippen LogP contribution in [0.4, 0.5) is 34.1 Å². The van der Waals surface area contributed by atoms with Crippen LogP contribution in [0.1, 0.15) is 105 Å². The molecule has 65 heavy (non-hydrogen) atoms. The SMILES string of the molecule is CC(C)(C)c1ccc(N2c3ccc(C(C)(C)C)cc3B3c4c2cccc4N(c2ccc(C(C)(C)C)cc2)c2c3n(-c3ccc(C(C)(C)C)cc3)c3c2ccc2c4ccccc4oc23)cc1. The highest BCUT2D eigenvalue weighted by molar-refractivity contribution is 7.00. The van der Waals surface area contributed by atoms with Crippen LogP contribution in [-0.4, -0.2) is 11.3 Å². The summed E-state index contributed by atoms with van der Waals surface area (Å²) in [6.07, 6.45) is 0.